The van der Waals surface area contributed by atoms with Gasteiger partial charge in [-0.05, 0) is 75.1 Å². The van der Waals surface area contributed by atoms with E-state index < -0.39 is 17.4 Å². The highest BCUT2D eigenvalue weighted by Gasteiger charge is 2.31. The maximum Gasteiger partial charge on any atom is 0.410 e. The Hall–Kier alpha value is -2.90. The summed E-state index contributed by atoms with van der Waals surface area (Å²) in [5.74, 6) is -0.980. The Morgan fingerprint density at radius 3 is 2.46 bits per heavy atom. The molecule has 3 N–H and O–H groups in total. The molecule has 3 rings (SSSR count). The number of nitrogens with one attached hydrogen (secondary N) is 1. The molecule has 2 aromatic rings. The molecule has 3 amide bonds. The van der Waals surface area contributed by atoms with Gasteiger partial charge in [0.25, 0.3) is 11.8 Å². The van der Waals surface area contributed by atoms with Gasteiger partial charge < -0.3 is 25.4 Å². The number of piperidine rings is 1. The molecule has 202 valence electrons. The van der Waals surface area contributed by atoms with Crippen LogP contribution in [0, 0.1) is 3.57 Å². The third-order valence-electron chi connectivity index (χ3n) is 5.78. The molecule has 0 bridgehead atoms. The number of ether oxygens (including phenoxy) is 2. The van der Waals surface area contributed by atoms with Crippen LogP contribution in [0.1, 0.15) is 86.5 Å². The van der Waals surface area contributed by atoms with Gasteiger partial charge in [-0.1, -0.05) is 13.8 Å². The summed E-state index contributed by atoms with van der Waals surface area (Å²) >= 11 is 2.08. The zero-order chi connectivity index (χ0) is 27.3. The van der Waals surface area contributed by atoms with E-state index in [2.05, 4.69) is 38.0 Å². The molecule has 3 heterocycles. The summed E-state index contributed by atoms with van der Waals surface area (Å²) in [5, 5.41) is 7.37. The van der Waals surface area contributed by atoms with Crippen molar-refractivity contribution in [3.05, 3.63) is 32.8 Å². The average Bonchev–Trinajstić information content (AvgIpc) is 3.20. The molecule has 1 aliphatic rings. The van der Waals surface area contributed by atoms with E-state index in [4.69, 9.17) is 15.2 Å². The van der Waals surface area contributed by atoms with Crippen molar-refractivity contribution in [2.75, 3.05) is 25.0 Å². The van der Waals surface area contributed by atoms with Gasteiger partial charge in [-0.3, -0.25) is 14.3 Å². The number of carbonyl (C=O) groups is 3. The molecule has 0 radical (unpaired) electrons. The van der Waals surface area contributed by atoms with Crippen molar-refractivity contribution in [2.24, 2.45) is 5.73 Å². The number of primary amides is 1. The van der Waals surface area contributed by atoms with Gasteiger partial charge in [-0.15, -0.1) is 0 Å². The minimum absolute atomic E-state index is 0.00520. The molecule has 11 nitrogen and oxygen atoms in total. The van der Waals surface area contributed by atoms with E-state index in [0.29, 0.717) is 44.7 Å². The van der Waals surface area contributed by atoms with Crippen molar-refractivity contribution in [3.8, 4) is 5.88 Å². The molecule has 0 unspecified atom stereocenters. The molecule has 1 fully saturated rings. The Labute approximate surface area is 230 Å². The molecule has 12 heteroatoms. The molecule has 0 spiro atoms. The van der Waals surface area contributed by atoms with Gasteiger partial charge >= 0.3 is 6.09 Å². The summed E-state index contributed by atoms with van der Waals surface area (Å²) < 4.78 is 13.7. The highest BCUT2D eigenvalue weighted by Crippen LogP contribution is 2.31. The quantitative estimate of drug-likeness (QED) is 0.420. The molecular weight excluding hydrogens is 591 g/mol. The van der Waals surface area contributed by atoms with Gasteiger partial charge in [-0.2, -0.15) is 5.10 Å². The Bertz CT molecular complexity index is 1150. The van der Waals surface area contributed by atoms with Crippen molar-refractivity contribution in [2.45, 2.75) is 71.9 Å². The number of nitrogens with two attached hydrogens (primary N) is 1. The number of pyridine rings is 1. The number of anilines is 1. The van der Waals surface area contributed by atoms with E-state index in [1.807, 2.05) is 34.6 Å². The summed E-state index contributed by atoms with van der Waals surface area (Å²) in [6.07, 6.45) is 3.78. The van der Waals surface area contributed by atoms with Crippen LogP contribution in [0.2, 0.25) is 0 Å². The summed E-state index contributed by atoms with van der Waals surface area (Å²) in [7, 11) is 0. The first-order chi connectivity index (χ1) is 17.4. The lowest BCUT2D eigenvalue weighted by Gasteiger charge is -2.34. The number of likely N-dealkylation sites (tertiary alicyclic amines) is 1. The Morgan fingerprint density at radius 2 is 1.89 bits per heavy atom. The first kappa shape index (κ1) is 28.7. The number of hydrogen-bond donors (Lipinski definition) is 2. The maximum atomic E-state index is 13.3. The van der Waals surface area contributed by atoms with Crippen LogP contribution in [-0.2, 0) is 11.2 Å². The number of halogens is 1. The molecule has 37 heavy (non-hydrogen) atoms. The summed E-state index contributed by atoms with van der Waals surface area (Å²) in [4.78, 5) is 44.0. The van der Waals surface area contributed by atoms with Crippen molar-refractivity contribution in [3.63, 3.8) is 0 Å². The highest BCUT2D eigenvalue weighted by atomic mass is 127. The van der Waals surface area contributed by atoms with Crippen LogP contribution >= 0.6 is 22.6 Å². The number of amides is 3. The van der Waals surface area contributed by atoms with Crippen molar-refractivity contribution in [1.29, 1.82) is 0 Å². The number of rotatable bonds is 8. The van der Waals surface area contributed by atoms with E-state index in [0.717, 1.165) is 9.99 Å². The van der Waals surface area contributed by atoms with Gasteiger partial charge in [0, 0.05) is 22.9 Å². The number of carbonyl (C=O) groups excluding carboxylic acids is 3. The molecule has 2 aromatic heterocycles. The van der Waals surface area contributed by atoms with E-state index in [1.54, 1.807) is 21.8 Å². The van der Waals surface area contributed by atoms with Crippen molar-refractivity contribution < 1.29 is 23.9 Å². The second-order valence-electron chi connectivity index (χ2n) is 9.84. The Balaban J connectivity index is 1.86. The molecular formula is C25H35IN6O5. The fourth-order valence-corrected chi connectivity index (χ4v) is 4.57. The van der Waals surface area contributed by atoms with Crippen molar-refractivity contribution in [1.82, 2.24) is 19.7 Å². The lowest BCUT2D eigenvalue weighted by atomic mass is 10.0. The minimum atomic E-state index is -0.738. The SMILES string of the molecule is CCCOc1ncc(I)cc1C(=O)Nc1c(C(N)=O)nn(C2CCN(C(=O)OC(C)(C)C)CC2)c1CC. The standard InChI is InChI=1S/C25H35IN6O5/c1-6-12-36-23-17(13-15(26)14-28-23)22(34)29-19-18(7-2)32(30-20(19)21(27)33)16-8-10-31(11-9-16)24(35)37-25(3,4)5/h13-14,16H,6-12H2,1-5H3,(H2,27,33)(H,29,34). The molecule has 0 aliphatic carbocycles. The summed E-state index contributed by atoms with van der Waals surface area (Å²) in [5.41, 5.74) is 6.32. The first-order valence-electron chi connectivity index (χ1n) is 12.4. The van der Waals surface area contributed by atoms with Crippen molar-refractivity contribution >= 4 is 46.2 Å². The topological polar surface area (TPSA) is 142 Å². The highest BCUT2D eigenvalue weighted by molar-refractivity contribution is 14.1. The molecule has 1 aliphatic heterocycles. The monoisotopic (exact) mass is 626 g/mol. The fraction of sp³-hybridized carbons (Fsp3) is 0.560. The van der Waals surface area contributed by atoms with Crippen LogP contribution in [0.15, 0.2) is 12.3 Å². The Kier molecular flexibility index (Phi) is 9.37. The van der Waals surface area contributed by atoms with Gasteiger partial charge in [0.2, 0.25) is 5.88 Å². The predicted molar refractivity (Wildman–Crippen MR) is 147 cm³/mol. The number of hydrogen-bond acceptors (Lipinski definition) is 7. The van der Waals surface area contributed by atoms with E-state index >= 15 is 0 Å². The second kappa shape index (κ2) is 12.1. The molecule has 1 saturated heterocycles. The van der Waals surface area contributed by atoms with Crippen LogP contribution in [0.25, 0.3) is 0 Å². The summed E-state index contributed by atoms with van der Waals surface area (Å²) in [6.45, 7) is 10.8. The van der Waals surface area contributed by atoms with Crippen LogP contribution in [-0.4, -0.2) is 62.9 Å². The van der Waals surface area contributed by atoms with E-state index in [9.17, 15) is 14.4 Å². The van der Waals surface area contributed by atoms with Gasteiger partial charge in [0.1, 0.15) is 11.2 Å². The van der Waals surface area contributed by atoms with Gasteiger partial charge in [-0.25, -0.2) is 9.78 Å². The fourth-order valence-electron chi connectivity index (χ4n) is 4.12. The van der Waals surface area contributed by atoms with Gasteiger partial charge in [0.15, 0.2) is 5.69 Å². The van der Waals surface area contributed by atoms with Crippen LogP contribution in [0.4, 0.5) is 10.5 Å². The smallest absolute Gasteiger partial charge is 0.410 e. The minimum Gasteiger partial charge on any atom is -0.477 e. The van der Waals surface area contributed by atoms with E-state index in [-0.39, 0.29) is 35.0 Å². The lowest BCUT2D eigenvalue weighted by Crippen LogP contribution is -2.42. The third kappa shape index (κ3) is 7.11. The molecule has 0 atom stereocenters. The zero-order valence-electron chi connectivity index (χ0n) is 22.0. The van der Waals surface area contributed by atoms with Gasteiger partial charge in [0.05, 0.1) is 24.0 Å². The predicted octanol–water partition coefficient (Wildman–Crippen LogP) is 4.16. The molecule has 0 saturated carbocycles. The first-order valence-corrected chi connectivity index (χ1v) is 13.5. The third-order valence-corrected chi connectivity index (χ3v) is 6.37. The van der Waals surface area contributed by atoms with E-state index in [1.165, 1.54) is 0 Å². The largest absolute Gasteiger partial charge is 0.477 e. The number of nitrogens with zero attached hydrogens (tertiary/aromatic N) is 4. The van der Waals surface area contributed by atoms with Crippen LogP contribution in [0.5, 0.6) is 5.88 Å². The second-order valence-corrected chi connectivity index (χ2v) is 11.1. The van der Waals surface area contributed by atoms with Crippen LogP contribution in [0.3, 0.4) is 0 Å². The summed E-state index contributed by atoms with van der Waals surface area (Å²) in [6, 6.07) is 1.61. The Morgan fingerprint density at radius 1 is 1.22 bits per heavy atom. The lowest BCUT2D eigenvalue weighted by molar-refractivity contribution is 0.0184. The average molecular weight is 626 g/mol. The number of aromatic nitrogens is 3. The zero-order valence-corrected chi connectivity index (χ0v) is 24.1. The van der Waals surface area contributed by atoms with Crippen LogP contribution < -0.4 is 15.8 Å². The maximum absolute atomic E-state index is 13.3. The normalized spacial score (nSPS) is 14.4. The molecule has 0 aromatic carbocycles.